The molecule has 0 saturated carbocycles. The van der Waals surface area contributed by atoms with E-state index in [9.17, 15) is 4.79 Å². The van der Waals surface area contributed by atoms with E-state index in [4.69, 9.17) is 4.74 Å². The summed E-state index contributed by atoms with van der Waals surface area (Å²) in [4.78, 5) is 19.4. The van der Waals surface area contributed by atoms with Crippen LogP contribution < -0.4 is 5.32 Å². The number of amides is 1. The van der Waals surface area contributed by atoms with Crippen LogP contribution in [0.4, 0.5) is 0 Å². The van der Waals surface area contributed by atoms with Crippen LogP contribution in [0.2, 0.25) is 0 Å². The van der Waals surface area contributed by atoms with E-state index in [1.54, 1.807) is 29.0 Å². The third kappa shape index (κ3) is 2.93. The molecule has 7 heteroatoms. The number of ether oxygens (including phenoxy) is 1. The van der Waals surface area contributed by atoms with Crippen LogP contribution in [0, 0.1) is 11.8 Å². The molecular weight excluding hydrogens is 354 g/mol. The molecule has 2 aromatic rings. The topological polar surface area (TPSA) is 71.8 Å². The Hall–Kier alpha value is -2.25. The highest BCUT2D eigenvalue weighted by atomic mass is 16.5. The van der Waals surface area contributed by atoms with Crippen LogP contribution in [0.15, 0.2) is 36.2 Å². The van der Waals surface area contributed by atoms with Gasteiger partial charge in [-0.15, -0.1) is 0 Å². The van der Waals surface area contributed by atoms with Crippen molar-refractivity contribution >= 4 is 11.6 Å². The summed E-state index contributed by atoms with van der Waals surface area (Å²) in [7, 11) is 0. The zero-order valence-electron chi connectivity index (χ0n) is 16.5. The number of likely N-dealkylation sites (tertiary alicyclic amines) is 1. The highest BCUT2D eigenvalue weighted by molar-refractivity contribution is 5.93. The average molecular weight is 381 g/mol. The Bertz CT molecular complexity index is 901. The van der Waals surface area contributed by atoms with Crippen molar-refractivity contribution in [1.29, 1.82) is 0 Å². The molecule has 2 bridgehead atoms. The Morgan fingerprint density at radius 1 is 1.46 bits per heavy atom. The van der Waals surface area contributed by atoms with Crippen LogP contribution in [0.5, 0.6) is 0 Å². The largest absolute Gasteiger partial charge is 0.370 e. The summed E-state index contributed by atoms with van der Waals surface area (Å²) in [6.45, 7) is 7.99. The Morgan fingerprint density at radius 3 is 3.18 bits per heavy atom. The molecule has 0 unspecified atom stereocenters. The van der Waals surface area contributed by atoms with Gasteiger partial charge in [0.1, 0.15) is 0 Å². The Balaban J connectivity index is 1.25. The molecular formula is C21H27N5O2. The molecule has 3 saturated heterocycles. The molecule has 1 amide bonds. The van der Waals surface area contributed by atoms with Gasteiger partial charge in [0, 0.05) is 56.5 Å². The van der Waals surface area contributed by atoms with Gasteiger partial charge in [-0.25, -0.2) is 9.50 Å². The molecule has 4 atom stereocenters. The first-order valence-corrected chi connectivity index (χ1v) is 10.2. The van der Waals surface area contributed by atoms with Crippen molar-refractivity contribution in [1.82, 2.24) is 24.8 Å². The van der Waals surface area contributed by atoms with Crippen LogP contribution in [-0.2, 0) is 4.74 Å². The lowest BCUT2D eigenvalue weighted by Crippen LogP contribution is -2.42. The lowest BCUT2D eigenvalue weighted by atomic mass is 9.73. The molecule has 0 aliphatic carbocycles. The fraction of sp³-hybridized carbons (Fsp3) is 0.571. The predicted molar refractivity (Wildman–Crippen MR) is 105 cm³/mol. The van der Waals surface area contributed by atoms with E-state index in [0.717, 1.165) is 32.5 Å². The molecule has 3 aliphatic heterocycles. The highest BCUT2D eigenvalue weighted by Crippen LogP contribution is 2.54. The number of carbonyl (C=O) groups is 1. The van der Waals surface area contributed by atoms with Crippen LogP contribution in [0.1, 0.15) is 37.2 Å². The number of fused-ring (bicyclic) bond motifs is 2. The van der Waals surface area contributed by atoms with Gasteiger partial charge in [-0.05, 0) is 32.8 Å². The second kappa shape index (κ2) is 6.67. The molecule has 5 rings (SSSR count). The number of nitrogens with one attached hydrogen (secondary N) is 1. The summed E-state index contributed by atoms with van der Waals surface area (Å²) in [5, 5.41) is 7.43. The fourth-order valence-electron chi connectivity index (χ4n) is 5.25. The van der Waals surface area contributed by atoms with E-state index >= 15 is 0 Å². The van der Waals surface area contributed by atoms with Gasteiger partial charge >= 0.3 is 0 Å². The molecule has 1 N–H and O–H groups in total. The Morgan fingerprint density at radius 2 is 2.36 bits per heavy atom. The number of nitrogens with zero attached hydrogens (tertiary/aromatic N) is 4. The second-order valence-electron chi connectivity index (χ2n) is 8.67. The number of aromatic nitrogens is 3. The third-order valence-electron chi connectivity index (χ3n) is 6.58. The van der Waals surface area contributed by atoms with Gasteiger partial charge in [0.2, 0.25) is 0 Å². The minimum absolute atomic E-state index is 0.00254. The number of allylic oxidation sites excluding steroid dienone is 1. The maximum atomic E-state index is 12.6. The summed E-state index contributed by atoms with van der Waals surface area (Å²) < 4.78 is 8.10. The average Bonchev–Trinajstić information content (AvgIpc) is 3.42. The first-order valence-electron chi connectivity index (χ1n) is 10.2. The van der Waals surface area contributed by atoms with Gasteiger partial charge in [-0.3, -0.25) is 9.69 Å². The van der Waals surface area contributed by atoms with Crippen molar-refractivity contribution in [2.24, 2.45) is 11.8 Å². The number of hydrogen-bond acceptors (Lipinski definition) is 5. The summed E-state index contributed by atoms with van der Waals surface area (Å²) >= 11 is 0. The highest BCUT2D eigenvalue weighted by Gasteiger charge is 2.62. The van der Waals surface area contributed by atoms with Crippen molar-refractivity contribution in [2.45, 2.75) is 38.4 Å². The molecule has 0 radical (unpaired) electrons. The van der Waals surface area contributed by atoms with Crippen LogP contribution in [0.25, 0.3) is 5.65 Å². The fourth-order valence-corrected chi connectivity index (χ4v) is 5.25. The molecule has 2 aromatic heterocycles. The molecule has 28 heavy (non-hydrogen) atoms. The summed E-state index contributed by atoms with van der Waals surface area (Å²) in [6.07, 6.45) is 8.32. The summed E-state index contributed by atoms with van der Waals surface area (Å²) in [5.74, 6) is 0.742. The third-order valence-corrected chi connectivity index (χ3v) is 6.58. The lowest BCUT2D eigenvalue weighted by molar-refractivity contribution is 0.00363. The van der Waals surface area contributed by atoms with Gasteiger partial charge in [0.15, 0.2) is 11.3 Å². The number of rotatable bonds is 5. The van der Waals surface area contributed by atoms with Crippen molar-refractivity contribution < 1.29 is 9.53 Å². The number of carbonyl (C=O) groups excluding carboxylic acids is 1. The molecule has 148 valence electrons. The molecule has 0 aromatic carbocycles. The lowest BCUT2D eigenvalue weighted by Gasteiger charge is -2.29. The molecule has 3 fully saturated rings. The molecule has 7 nitrogen and oxygen atoms in total. The van der Waals surface area contributed by atoms with Crippen LogP contribution >= 0.6 is 0 Å². The quantitative estimate of drug-likeness (QED) is 0.801. The predicted octanol–water partition coefficient (Wildman–Crippen LogP) is 1.90. The summed E-state index contributed by atoms with van der Waals surface area (Å²) in [6, 6.07) is 3.53. The van der Waals surface area contributed by atoms with Gasteiger partial charge in [-0.1, -0.05) is 11.6 Å². The normalized spacial score (nSPS) is 31.3. The standard InChI is InChI=1S/C21H27N5O2/c1-14(2)5-9-25-12-16-15(18-4-6-21(16,13-25)28-18)11-23-20(27)17-10-19-22-7-3-8-26(19)24-17/h3,5,7-8,10,15-16,18H,4,6,9,11-13H2,1-2H3,(H,23,27)/t15-,16+,18+,21+/m0/s1. The first-order chi connectivity index (χ1) is 13.5. The van der Waals surface area contributed by atoms with Gasteiger partial charge in [0.25, 0.3) is 5.91 Å². The van der Waals surface area contributed by atoms with Gasteiger partial charge < -0.3 is 10.1 Å². The molecule has 1 spiro atoms. The monoisotopic (exact) mass is 381 g/mol. The van der Waals surface area contributed by atoms with E-state index in [1.165, 1.54) is 5.57 Å². The zero-order chi connectivity index (χ0) is 19.3. The molecule has 5 heterocycles. The van der Waals surface area contributed by atoms with Gasteiger partial charge in [-0.2, -0.15) is 5.10 Å². The first kappa shape index (κ1) is 17.8. The van der Waals surface area contributed by atoms with Crippen molar-refractivity contribution in [2.75, 3.05) is 26.2 Å². The summed E-state index contributed by atoms with van der Waals surface area (Å²) in [5.41, 5.74) is 2.45. The van der Waals surface area contributed by atoms with Crippen molar-refractivity contribution in [3.05, 3.63) is 41.9 Å². The Labute approximate surface area is 164 Å². The minimum atomic E-state index is -0.137. The minimum Gasteiger partial charge on any atom is -0.370 e. The smallest absolute Gasteiger partial charge is 0.271 e. The molecule has 3 aliphatic rings. The van der Waals surface area contributed by atoms with E-state index in [-0.39, 0.29) is 17.6 Å². The van der Waals surface area contributed by atoms with Crippen LogP contribution in [-0.4, -0.2) is 63.3 Å². The van der Waals surface area contributed by atoms with E-state index in [2.05, 4.69) is 40.2 Å². The van der Waals surface area contributed by atoms with Gasteiger partial charge in [0.05, 0.1) is 11.7 Å². The second-order valence-corrected chi connectivity index (χ2v) is 8.67. The SMILES string of the molecule is CC(C)=CCN1C[C@@H]2[C@H](CNC(=O)c3cc4ncccn4n3)[C@H]3CC[C@]2(C1)O3. The van der Waals surface area contributed by atoms with Crippen molar-refractivity contribution in [3.63, 3.8) is 0 Å². The van der Waals surface area contributed by atoms with E-state index < -0.39 is 0 Å². The number of hydrogen-bond donors (Lipinski definition) is 1. The van der Waals surface area contributed by atoms with E-state index in [1.807, 2.05) is 0 Å². The van der Waals surface area contributed by atoms with Crippen LogP contribution in [0.3, 0.4) is 0 Å². The maximum Gasteiger partial charge on any atom is 0.271 e. The Kier molecular flexibility index (Phi) is 4.25. The van der Waals surface area contributed by atoms with E-state index in [0.29, 0.717) is 29.7 Å². The van der Waals surface area contributed by atoms with Crippen molar-refractivity contribution in [3.8, 4) is 0 Å². The maximum absolute atomic E-state index is 12.6. The zero-order valence-corrected chi connectivity index (χ0v) is 16.5.